The molecule has 2 amide bonds. The van der Waals surface area contributed by atoms with Crippen molar-refractivity contribution in [1.29, 1.82) is 0 Å². The number of nitrogens with one attached hydrogen (secondary N) is 2. The van der Waals surface area contributed by atoms with Gasteiger partial charge < -0.3 is 16.4 Å². The first-order chi connectivity index (χ1) is 8.11. The zero-order chi connectivity index (χ0) is 12.7. The molecular weight excluding hydrogens is 277 g/mol. The van der Waals surface area contributed by atoms with Crippen LogP contribution >= 0.6 is 24.0 Å². The standard InChI is InChI=1S/C11H14ClN3O2.ClH/c12-9-3-1-2-8(4-9)6-14-11(17)7-15-10(16)5-13;/h1-4H,5-7,13H2,(H,14,17)(H,15,16);1H. The van der Waals surface area contributed by atoms with E-state index in [1.807, 2.05) is 6.07 Å². The van der Waals surface area contributed by atoms with Crippen molar-refractivity contribution in [3.8, 4) is 0 Å². The zero-order valence-electron chi connectivity index (χ0n) is 9.61. The predicted octanol–water partition coefficient (Wildman–Crippen LogP) is 0.453. The van der Waals surface area contributed by atoms with Gasteiger partial charge in [0.1, 0.15) is 0 Å². The van der Waals surface area contributed by atoms with Crippen LogP contribution in [0.2, 0.25) is 5.02 Å². The van der Waals surface area contributed by atoms with Gasteiger partial charge in [-0.1, -0.05) is 23.7 Å². The Bertz CT molecular complexity index is 413. The van der Waals surface area contributed by atoms with E-state index in [-0.39, 0.29) is 37.3 Å². The molecule has 4 N–H and O–H groups in total. The Labute approximate surface area is 116 Å². The van der Waals surface area contributed by atoms with Gasteiger partial charge in [0, 0.05) is 11.6 Å². The second-order valence-corrected chi connectivity index (χ2v) is 3.82. The van der Waals surface area contributed by atoms with Crippen molar-refractivity contribution >= 4 is 35.8 Å². The van der Waals surface area contributed by atoms with E-state index in [0.29, 0.717) is 11.6 Å². The van der Waals surface area contributed by atoms with Crippen LogP contribution in [-0.2, 0) is 16.1 Å². The van der Waals surface area contributed by atoms with Crippen LogP contribution < -0.4 is 16.4 Å². The maximum absolute atomic E-state index is 11.3. The van der Waals surface area contributed by atoms with E-state index in [1.165, 1.54) is 0 Å². The Hall–Kier alpha value is -1.30. The Kier molecular flexibility index (Phi) is 8.11. The van der Waals surface area contributed by atoms with Gasteiger partial charge in [-0.25, -0.2) is 0 Å². The molecule has 0 spiro atoms. The summed E-state index contributed by atoms with van der Waals surface area (Å²) in [6.07, 6.45) is 0. The average Bonchev–Trinajstić information content (AvgIpc) is 2.33. The minimum atomic E-state index is -0.358. The first kappa shape index (κ1) is 16.7. The van der Waals surface area contributed by atoms with E-state index in [4.69, 9.17) is 17.3 Å². The molecule has 0 unspecified atom stereocenters. The third kappa shape index (κ3) is 6.44. The molecule has 0 aliphatic rings. The van der Waals surface area contributed by atoms with Crippen LogP contribution in [0.25, 0.3) is 0 Å². The molecule has 0 heterocycles. The normalized spacial score (nSPS) is 9.22. The molecule has 7 heteroatoms. The molecule has 1 aromatic rings. The lowest BCUT2D eigenvalue weighted by atomic mass is 10.2. The van der Waals surface area contributed by atoms with Gasteiger partial charge in [-0.05, 0) is 17.7 Å². The first-order valence-corrected chi connectivity index (χ1v) is 5.47. The van der Waals surface area contributed by atoms with Crippen LogP contribution in [-0.4, -0.2) is 24.9 Å². The highest BCUT2D eigenvalue weighted by atomic mass is 35.5. The molecule has 0 radical (unpaired) electrons. The molecule has 0 aliphatic carbocycles. The molecule has 0 aromatic heterocycles. The summed E-state index contributed by atoms with van der Waals surface area (Å²) in [5.41, 5.74) is 5.98. The summed E-state index contributed by atoms with van der Waals surface area (Å²) in [6, 6.07) is 7.18. The SMILES string of the molecule is Cl.NCC(=O)NCC(=O)NCc1cccc(Cl)c1. The Balaban J connectivity index is 0.00000289. The summed E-state index contributed by atoms with van der Waals surface area (Å²) in [4.78, 5) is 22.1. The van der Waals surface area contributed by atoms with Gasteiger partial charge >= 0.3 is 0 Å². The summed E-state index contributed by atoms with van der Waals surface area (Å²) < 4.78 is 0. The number of amides is 2. The Morgan fingerprint density at radius 3 is 2.56 bits per heavy atom. The number of hydrogen-bond acceptors (Lipinski definition) is 3. The highest BCUT2D eigenvalue weighted by molar-refractivity contribution is 6.30. The molecule has 1 rings (SSSR count). The molecule has 0 saturated heterocycles. The predicted molar refractivity (Wildman–Crippen MR) is 72.6 cm³/mol. The summed E-state index contributed by atoms with van der Waals surface area (Å²) >= 11 is 5.80. The van der Waals surface area contributed by atoms with Crippen molar-refractivity contribution in [2.45, 2.75) is 6.54 Å². The topological polar surface area (TPSA) is 84.2 Å². The zero-order valence-corrected chi connectivity index (χ0v) is 11.2. The molecule has 18 heavy (non-hydrogen) atoms. The Morgan fingerprint density at radius 1 is 1.22 bits per heavy atom. The van der Waals surface area contributed by atoms with E-state index in [1.54, 1.807) is 18.2 Å². The van der Waals surface area contributed by atoms with E-state index in [9.17, 15) is 9.59 Å². The number of hydrogen-bond donors (Lipinski definition) is 3. The minimum absolute atomic E-state index is 0. The number of carbonyl (C=O) groups excluding carboxylic acids is 2. The quantitative estimate of drug-likeness (QED) is 0.737. The third-order valence-electron chi connectivity index (χ3n) is 2.01. The van der Waals surface area contributed by atoms with Gasteiger partial charge in [-0.15, -0.1) is 12.4 Å². The monoisotopic (exact) mass is 291 g/mol. The van der Waals surface area contributed by atoms with Crippen molar-refractivity contribution in [1.82, 2.24) is 10.6 Å². The largest absolute Gasteiger partial charge is 0.350 e. The van der Waals surface area contributed by atoms with Crippen LogP contribution in [0.5, 0.6) is 0 Å². The fourth-order valence-electron chi connectivity index (χ4n) is 1.16. The second kappa shape index (κ2) is 8.74. The number of rotatable bonds is 5. The van der Waals surface area contributed by atoms with Gasteiger partial charge in [0.05, 0.1) is 13.1 Å². The fourth-order valence-corrected chi connectivity index (χ4v) is 1.37. The van der Waals surface area contributed by atoms with Crippen LogP contribution in [0.1, 0.15) is 5.56 Å². The number of nitrogens with two attached hydrogens (primary N) is 1. The lowest BCUT2D eigenvalue weighted by molar-refractivity contribution is -0.125. The van der Waals surface area contributed by atoms with E-state index in [2.05, 4.69) is 10.6 Å². The number of halogens is 2. The number of carbonyl (C=O) groups is 2. The second-order valence-electron chi connectivity index (χ2n) is 3.39. The van der Waals surface area contributed by atoms with Crippen LogP contribution in [0.3, 0.4) is 0 Å². The van der Waals surface area contributed by atoms with Crippen LogP contribution in [0.4, 0.5) is 0 Å². The lowest BCUT2D eigenvalue weighted by Gasteiger charge is -2.06. The highest BCUT2D eigenvalue weighted by Crippen LogP contribution is 2.09. The van der Waals surface area contributed by atoms with Gasteiger partial charge in [-0.3, -0.25) is 9.59 Å². The van der Waals surface area contributed by atoms with E-state index >= 15 is 0 Å². The minimum Gasteiger partial charge on any atom is -0.350 e. The van der Waals surface area contributed by atoms with Crippen LogP contribution in [0.15, 0.2) is 24.3 Å². The van der Waals surface area contributed by atoms with Gasteiger partial charge in [-0.2, -0.15) is 0 Å². The molecule has 0 bridgehead atoms. The maximum Gasteiger partial charge on any atom is 0.239 e. The molecule has 0 saturated carbocycles. The maximum atomic E-state index is 11.3. The summed E-state index contributed by atoms with van der Waals surface area (Å²) in [7, 11) is 0. The highest BCUT2D eigenvalue weighted by Gasteiger charge is 2.03. The van der Waals surface area contributed by atoms with Crippen molar-refractivity contribution in [2.75, 3.05) is 13.1 Å². The summed E-state index contributed by atoms with van der Waals surface area (Å²) in [5.74, 6) is -0.630. The van der Waals surface area contributed by atoms with Crippen molar-refractivity contribution in [3.63, 3.8) is 0 Å². The molecule has 0 atom stereocenters. The molecule has 1 aromatic carbocycles. The van der Waals surface area contributed by atoms with E-state index < -0.39 is 0 Å². The van der Waals surface area contributed by atoms with Crippen molar-refractivity contribution in [3.05, 3.63) is 34.9 Å². The van der Waals surface area contributed by atoms with E-state index in [0.717, 1.165) is 5.56 Å². The van der Waals surface area contributed by atoms with Crippen molar-refractivity contribution < 1.29 is 9.59 Å². The smallest absolute Gasteiger partial charge is 0.239 e. The third-order valence-corrected chi connectivity index (χ3v) is 2.25. The van der Waals surface area contributed by atoms with Gasteiger partial charge in [0.25, 0.3) is 0 Å². The average molecular weight is 292 g/mol. The molecular formula is C11H15Cl2N3O2. The lowest BCUT2D eigenvalue weighted by Crippen LogP contribution is -2.39. The summed E-state index contributed by atoms with van der Waals surface area (Å²) in [6.45, 7) is 0.177. The van der Waals surface area contributed by atoms with Crippen molar-refractivity contribution in [2.24, 2.45) is 5.73 Å². The Morgan fingerprint density at radius 2 is 1.94 bits per heavy atom. The van der Waals surface area contributed by atoms with Crippen LogP contribution in [0, 0.1) is 0 Å². The molecule has 0 aliphatic heterocycles. The number of benzene rings is 1. The molecule has 100 valence electrons. The summed E-state index contributed by atoms with van der Waals surface area (Å²) in [5, 5.41) is 5.65. The first-order valence-electron chi connectivity index (χ1n) is 5.09. The molecule has 5 nitrogen and oxygen atoms in total. The fraction of sp³-hybridized carbons (Fsp3) is 0.273. The molecule has 0 fully saturated rings. The van der Waals surface area contributed by atoms with Gasteiger partial charge in [0.2, 0.25) is 11.8 Å². The van der Waals surface area contributed by atoms with Gasteiger partial charge in [0.15, 0.2) is 0 Å².